The number of rotatable bonds is 7. The van der Waals surface area contributed by atoms with E-state index in [-0.39, 0.29) is 30.2 Å². The molecule has 0 bridgehead atoms. The number of hydrogen-bond acceptors (Lipinski definition) is 5. The first-order valence-corrected chi connectivity index (χ1v) is 11.1. The number of benzene rings is 2. The lowest BCUT2D eigenvalue weighted by Gasteiger charge is -2.25. The van der Waals surface area contributed by atoms with Gasteiger partial charge in [0.05, 0.1) is 12.8 Å². The molecule has 0 spiro atoms. The van der Waals surface area contributed by atoms with E-state index in [4.69, 9.17) is 9.15 Å². The number of furan rings is 1. The maximum absolute atomic E-state index is 13.1. The van der Waals surface area contributed by atoms with Crippen LogP contribution in [0.4, 0.5) is 10.5 Å². The monoisotopic (exact) mass is 461 g/mol. The summed E-state index contributed by atoms with van der Waals surface area (Å²) in [7, 11) is 0. The molecule has 8 heteroatoms. The molecule has 2 aromatic carbocycles. The van der Waals surface area contributed by atoms with Crippen LogP contribution in [0.2, 0.25) is 0 Å². The Balaban J connectivity index is 1.57. The van der Waals surface area contributed by atoms with Gasteiger partial charge in [0.25, 0.3) is 5.91 Å². The molecule has 2 unspecified atom stereocenters. The minimum Gasteiger partial charge on any atom is -0.459 e. The second kappa shape index (κ2) is 9.82. The van der Waals surface area contributed by atoms with Crippen molar-refractivity contribution in [3.8, 4) is 0 Å². The van der Waals surface area contributed by atoms with E-state index in [9.17, 15) is 14.4 Å². The molecule has 3 amide bonds. The second-order valence-electron chi connectivity index (χ2n) is 8.58. The van der Waals surface area contributed by atoms with Gasteiger partial charge >= 0.3 is 6.09 Å². The molecule has 0 saturated carbocycles. The predicted molar refractivity (Wildman–Crippen MR) is 126 cm³/mol. The van der Waals surface area contributed by atoms with Crippen LogP contribution in [0.5, 0.6) is 0 Å². The molecule has 8 nitrogen and oxygen atoms in total. The van der Waals surface area contributed by atoms with Crippen molar-refractivity contribution in [2.24, 2.45) is 0 Å². The molecule has 2 N–H and O–H groups in total. The molecule has 1 aliphatic rings. The van der Waals surface area contributed by atoms with Crippen molar-refractivity contribution in [2.45, 2.75) is 45.5 Å². The zero-order chi connectivity index (χ0) is 24.2. The van der Waals surface area contributed by atoms with Gasteiger partial charge in [0, 0.05) is 11.7 Å². The Bertz CT molecular complexity index is 1170. The molecule has 1 fully saturated rings. The van der Waals surface area contributed by atoms with Crippen molar-refractivity contribution in [3.63, 3.8) is 0 Å². The summed E-state index contributed by atoms with van der Waals surface area (Å²) in [5, 5.41) is 5.65. The summed E-state index contributed by atoms with van der Waals surface area (Å²) in [5.41, 5.74) is 3.18. The molecule has 2 atom stereocenters. The van der Waals surface area contributed by atoms with Crippen LogP contribution in [-0.2, 0) is 16.1 Å². The van der Waals surface area contributed by atoms with E-state index in [1.54, 1.807) is 36.4 Å². The summed E-state index contributed by atoms with van der Waals surface area (Å²) >= 11 is 0. The summed E-state index contributed by atoms with van der Waals surface area (Å²) in [6, 6.07) is 16.9. The van der Waals surface area contributed by atoms with Crippen molar-refractivity contribution in [3.05, 3.63) is 89.4 Å². The Hall–Kier alpha value is -4.07. The molecule has 1 saturated heterocycles. The summed E-state index contributed by atoms with van der Waals surface area (Å²) in [5.74, 6) is -0.455. The molecule has 0 radical (unpaired) electrons. The third kappa shape index (κ3) is 5.11. The third-order valence-corrected chi connectivity index (χ3v) is 5.46. The molecule has 0 aliphatic carbocycles. The highest BCUT2D eigenvalue weighted by Gasteiger charge is 2.47. The van der Waals surface area contributed by atoms with Crippen molar-refractivity contribution < 1.29 is 23.5 Å². The van der Waals surface area contributed by atoms with E-state index in [1.165, 1.54) is 11.2 Å². The van der Waals surface area contributed by atoms with Crippen molar-refractivity contribution in [2.75, 3.05) is 5.32 Å². The van der Waals surface area contributed by atoms with Gasteiger partial charge in [0.15, 0.2) is 17.9 Å². The number of ether oxygens (including phenoxy) is 1. The number of carbonyl (C=O) groups excluding carboxylic acids is 3. The van der Waals surface area contributed by atoms with Gasteiger partial charge in [0.1, 0.15) is 0 Å². The minimum atomic E-state index is -0.834. The van der Waals surface area contributed by atoms with Gasteiger partial charge in [-0.15, -0.1) is 0 Å². The van der Waals surface area contributed by atoms with Gasteiger partial charge in [-0.2, -0.15) is 0 Å². The van der Waals surface area contributed by atoms with Gasteiger partial charge in [-0.3, -0.25) is 14.5 Å². The van der Waals surface area contributed by atoms with Crippen LogP contribution in [0, 0.1) is 6.92 Å². The molecule has 34 heavy (non-hydrogen) atoms. The quantitative estimate of drug-likeness (QED) is 0.542. The maximum atomic E-state index is 13.1. The molecule has 176 valence electrons. The van der Waals surface area contributed by atoms with Gasteiger partial charge in [-0.25, -0.2) is 4.79 Å². The largest absolute Gasteiger partial charge is 0.459 e. The topological polar surface area (TPSA) is 101 Å². The highest BCUT2D eigenvalue weighted by molar-refractivity contribution is 6.02. The van der Waals surface area contributed by atoms with Gasteiger partial charge in [0.2, 0.25) is 5.91 Å². The van der Waals surface area contributed by atoms with Gasteiger partial charge in [-0.1, -0.05) is 42.0 Å². The fraction of sp³-hybridized carbons (Fsp3) is 0.269. The Kier molecular flexibility index (Phi) is 6.67. The summed E-state index contributed by atoms with van der Waals surface area (Å²) < 4.78 is 10.8. The van der Waals surface area contributed by atoms with E-state index < -0.39 is 18.2 Å². The van der Waals surface area contributed by atoms with Crippen molar-refractivity contribution in [1.29, 1.82) is 0 Å². The average Bonchev–Trinajstić information content (AvgIpc) is 3.43. The minimum absolute atomic E-state index is 0.0936. The second-order valence-corrected chi connectivity index (χ2v) is 8.58. The van der Waals surface area contributed by atoms with Crippen LogP contribution >= 0.6 is 0 Å². The SMILES string of the molecule is Cc1cccc(CN2C(=O)OC(c3ccc(NC(=O)c4ccco4)cc3)C2C(=O)NC(C)C)c1. The smallest absolute Gasteiger partial charge is 0.411 e. The van der Waals surface area contributed by atoms with Crippen molar-refractivity contribution in [1.82, 2.24) is 10.2 Å². The summed E-state index contributed by atoms with van der Waals surface area (Å²) in [6.07, 6.45) is 0.0913. The van der Waals surface area contributed by atoms with E-state index >= 15 is 0 Å². The molecule has 2 heterocycles. The van der Waals surface area contributed by atoms with E-state index in [2.05, 4.69) is 10.6 Å². The third-order valence-electron chi connectivity index (χ3n) is 5.46. The lowest BCUT2D eigenvalue weighted by atomic mass is 10.00. The number of cyclic esters (lactones) is 1. The normalized spacial score (nSPS) is 17.5. The van der Waals surface area contributed by atoms with E-state index in [1.807, 2.05) is 45.0 Å². The van der Waals surface area contributed by atoms with Crippen LogP contribution in [-0.4, -0.2) is 34.9 Å². The predicted octanol–water partition coefficient (Wildman–Crippen LogP) is 4.43. The number of aryl methyl sites for hydroxylation is 1. The van der Waals surface area contributed by atoms with Gasteiger partial charge in [-0.05, 0) is 56.2 Å². The van der Waals surface area contributed by atoms with Crippen LogP contribution in [0.25, 0.3) is 0 Å². The van der Waals surface area contributed by atoms with Crippen molar-refractivity contribution >= 4 is 23.6 Å². The maximum Gasteiger partial charge on any atom is 0.411 e. The number of anilines is 1. The molecular formula is C26H27N3O5. The highest BCUT2D eigenvalue weighted by atomic mass is 16.6. The Morgan fingerprint density at radius 3 is 2.47 bits per heavy atom. The van der Waals surface area contributed by atoms with E-state index in [0.29, 0.717) is 11.3 Å². The summed E-state index contributed by atoms with van der Waals surface area (Å²) in [4.78, 5) is 39.7. The van der Waals surface area contributed by atoms with Crippen LogP contribution in [0.15, 0.2) is 71.3 Å². The van der Waals surface area contributed by atoms with Gasteiger partial charge < -0.3 is 19.8 Å². The Labute approximate surface area is 197 Å². The summed E-state index contributed by atoms with van der Waals surface area (Å²) in [6.45, 7) is 5.96. The van der Waals surface area contributed by atoms with E-state index in [0.717, 1.165) is 11.1 Å². The molecular weight excluding hydrogens is 434 g/mol. The molecule has 1 aromatic heterocycles. The number of nitrogens with zero attached hydrogens (tertiary/aromatic N) is 1. The molecule has 3 aromatic rings. The first-order chi connectivity index (χ1) is 16.3. The number of amides is 3. The first kappa shape index (κ1) is 23.1. The standard InChI is InChI=1S/C26H27N3O5/c1-16(2)27-25(31)22-23(34-26(32)29(22)15-18-7-4-6-17(3)14-18)19-9-11-20(12-10-19)28-24(30)21-8-5-13-33-21/h4-14,16,22-23H,15H2,1-3H3,(H,27,31)(H,28,30). The lowest BCUT2D eigenvalue weighted by molar-refractivity contribution is -0.126. The van der Waals surface area contributed by atoms with Crippen LogP contribution < -0.4 is 10.6 Å². The Morgan fingerprint density at radius 1 is 1.06 bits per heavy atom. The highest BCUT2D eigenvalue weighted by Crippen LogP contribution is 2.34. The number of hydrogen-bond donors (Lipinski definition) is 2. The molecule has 1 aliphatic heterocycles. The Morgan fingerprint density at radius 2 is 1.82 bits per heavy atom. The fourth-order valence-corrected chi connectivity index (χ4v) is 3.94. The number of carbonyl (C=O) groups is 3. The number of nitrogens with one attached hydrogen (secondary N) is 2. The van der Waals surface area contributed by atoms with Crippen LogP contribution in [0.1, 0.15) is 47.2 Å². The van der Waals surface area contributed by atoms with Crippen LogP contribution in [0.3, 0.4) is 0 Å². The molecule has 4 rings (SSSR count). The first-order valence-electron chi connectivity index (χ1n) is 11.1. The zero-order valence-electron chi connectivity index (χ0n) is 19.3. The lowest BCUT2D eigenvalue weighted by Crippen LogP contribution is -2.48. The zero-order valence-corrected chi connectivity index (χ0v) is 19.3. The average molecular weight is 462 g/mol. The fourth-order valence-electron chi connectivity index (χ4n) is 3.94.